The van der Waals surface area contributed by atoms with Crippen LogP contribution >= 0.6 is 11.8 Å². The van der Waals surface area contributed by atoms with E-state index in [0.29, 0.717) is 107 Å². The number of rotatable bonds is 55. The summed E-state index contributed by atoms with van der Waals surface area (Å²) >= 11 is 1.17. The minimum atomic E-state index is -3.28. The fourth-order valence-corrected chi connectivity index (χ4v) is 21.3. The summed E-state index contributed by atoms with van der Waals surface area (Å²) in [6.45, 7) is 4.34. The molecule has 0 fully saturated rings. The van der Waals surface area contributed by atoms with Gasteiger partial charge < -0.3 is 106 Å². The summed E-state index contributed by atoms with van der Waals surface area (Å²) in [6.07, 6.45) is 5.60. The van der Waals surface area contributed by atoms with Crippen molar-refractivity contribution in [2.75, 3.05) is 185 Å². The number of nitro groups is 2. The molecule has 5 N–H and O–H groups in total. The highest BCUT2D eigenvalue weighted by molar-refractivity contribution is 8.13. The number of carbonyl (C=O) groups excluding carboxylic acids is 8. The number of amides is 5. The second kappa shape index (κ2) is 65.6. The number of carbonyl (C=O) groups is 8. The number of non-ortho nitro benzene ring substituents is 1. The van der Waals surface area contributed by atoms with E-state index in [9.17, 15) is 67.0 Å². The monoisotopic (exact) mass is 1750 g/mol. The second-order valence-corrected chi connectivity index (χ2v) is 45.3. The lowest BCUT2D eigenvalue weighted by Crippen LogP contribution is -2.43. The van der Waals surface area contributed by atoms with E-state index in [4.69, 9.17) is 79.7 Å². The molecule has 2 aromatic rings. The largest absolute Gasteiger partial charge is 0.500 e. The summed E-state index contributed by atoms with van der Waals surface area (Å²) in [4.78, 5) is 109. The van der Waals surface area contributed by atoms with Crippen LogP contribution in [0.2, 0.25) is 36.3 Å². The van der Waals surface area contributed by atoms with Gasteiger partial charge in [-0.3, -0.25) is 58.6 Å². The quantitative estimate of drug-likeness (QED) is 0.0205. The summed E-state index contributed by atoms with van der Waals surface area (Å²) in [7, 11) is 9.15. The molecular weight excluding hydrogens is 1620 g/mol. The van der Waals surface area contributed by atoms with E-state index in [1.807, 2.05) is 30.3 Å². The van der Waals surface area contributed by atoms with E-state index < -0.39 is 96.6 Å². The second-order valence-electron chi connectivity index (χ2n) is 23.4. The van der Waals surface area contributed by atoms with Crippen LogP contribution in [-0.2, 0) is 141 Å². The summed E-state index contributed by atoms with van der Waals surface area (Å²) in [6, 6.07) is 19.3. The van der Waals surface area contributed by atoms with Crippen molar-refractivity contribution in [1.82, 2.24) is 26.6 Å². The molecule has 0 spiro atoms. The summed E-state index contributed by atoms with van der Waals surface area (Å²) in [5.41, 5.74) is 1.75. The van der Waals surface area contributed by atoms with Crippen LogP contribution in [0.5, 0.6) is 0 Å². The Morgan fingerprint density at radius 3 is 0.911 bits per heavy atom. The predicted molar refractivity (Wildman–Crippen MR) is 429 cm³/mol. The zero-order valence-electron chi connectivity index (χ0n) is 68.9. The Balaban J connectivity index is -0.000000627. The SMILES string of the molecule is CO[Si](CCCNC(=O)CC(C)=O)(OC)OC.CO[Si](CCCNC(=O)CS(C)(=O)=O)(OC)OC.CO[Si](CCCNC(=O)C[N+](=O)[O-])(OC)OC.CO[Si](CCCNC(=O)Cc1ccc([N+](=O)[O-])cc1)(OC)OC.CO[Si](CCCNC(=O)Cc1ccccc1)(OC)OC.CO[Si](CCCSC(=O)CC(C)=O)(OC)OC. The molecular formula is C65H125N7O32S2Si6. The molecule has 5 amide bonds. The number of Topliss-reactive ketones (excluding diaryl/α,β-unsaturated/α-hetero) is 2. The third-order valence-corrected chi connectivity index (χ3v) is 34.3. The zero-order chi connectivity index (χ0) is 86.3. The van der Waals surface area contributed by atoms with Gasteiger partial charge in [0.25, 0.3) is 18.1 Å². The van der Waals surface area contributed by atoms with Crippen LogP contribution in [0.4, 0.5) is 5.69 Å². The number of ketones is 2. The highest BCUT2D eigenvalue weighted by Gasteiger charge is 2.41. The lowest BCUT2D eigenvalue weighted by Gasteiger charge is -2.24. The Labute approximate surface area is 671 Å². The summed E-state index contributed by atoms with van der Waals surface area (Å²) < 4.78 is 116. The number of thioether (sulfide) groups is 1. The minimum absolute atomic E-state index is 0.00602. The summed E-state index contributed by atoms with van der Waals surface area (Å²) in [5.74, 6) is -1.56. The fourth-order valence-electron chi connectivity index (χ4n) is 9.31. The third-order valence-electron chi connectivity index (χ3n) is 15.6. The van der Waals surface area contributed by atoms with Crippen LogP contribution in [0.15, 0.2) is 54.6 Å². The molecule has 0 radical (unpaired) electrons. The van der Waals surface area contributed by atoms with Gasteiger partial charge in [0.05, 0.1) is 30.6 Å². The maximum atomic E-state index is 11.8. The molecule has 0 heterocycles. The van der Waals surface area contributed by atoms with Crippen LogP contribution in [0.25, 0.3) is 0 Å². The maximum Gasteiger partial charge on any atom is 0.500 e. The maximum absolute atomic E-state index is 11.8. The van der Waals surface area contributed by atoms with E-state index in [1.165, 1.54) is 80.4 Å². The topological polar surface area (TPSA) is 483 Å². The van der Waals surface area contributed by atoms with E-state index in [0.717, 1.165) is 30.2 Å². The molecule has 47 heteroatoms. The van der Waals surface area contributed by atoms with Gasteiger partial charge in [0.2, 0.25) is 23.6 Å². The number of nitrogens with one attached hydrogen (secondary N) is 5. The third kappa shape index (κ3) is 54.3. The molecule has 0 aliphatic carbocycles. The average molecular weight is 1750 g/mol. The first kappa shape index (κ1) is 113. The molecule has 0 saturated carbocycles. The Morgan fingerprint density at radius 2 is 0.643 bits per heavy atom. The van der Waals surface area contributed by atoms with Gasteiger partial charge in [0.1, 0.15) is 17.3 Å². The molecule has 648 valence electrons. The van der Waals surface area contributed by atoms with Gasteiger partial charge in [-0.1, -0.05) is 54.2 Å². The summed E-state index contributed by atoms with van der Waals surface area (Å²) in [5, 5.41) is 33.8. The Hall–Kier alpha value is -5.52. The normalized spacial score (nSPS) is 11.5. The number of hydrogen-bond donors (Lipinski definition) is 5. The van der Waals surface area contributed by atoms with Crippen LogP contribution in [-0.4, -0.2) is 302 Å². The molecule has 39 nitrogen and oxygen atoms in total. The van der Waals surface area contributed by atoms with Gasteiger partial charge in [0.15, 0.2) is 15.0 Å². The van der Waals surface area contributed by atoms with Crippen molar-refractivity contribution in [3.63, 3.8) is 0 Å². The first-order valence-electron chi connectivity index (χ1n) is 34.9. The van der Waals surface area contributed by atoms with Crippen molar-refractivity contribution >= 4 is 126 Å². The molecule has 112 heavy (non-hydrogen) atoms. The number of nitrogens with zero attached hydrogens (tertiary/aromatic N) is 2. The standard InChI is InChI=1S/C14H22N2O6Si.C14H23NO4Si.C10H21NO5Si.C10H20O5SSi.C9H21NO6SSi.C8H18N2O6Si/c1-20-23(21-2,22-3)10-4-9-15-14(17)11-12-5-7-13(8-6-12)16(18)19;1-17-20(18-2,19-3)11-7-10-15-14(16)12-13-8-5-4-6-9-13;1-9(12)8-10(13)11-6-5-7-17(14-2,15-3)16-4;1-9(11)8-10(12)16-6-5-7-17(13-2,14-3)15-4;1-14-18(15-2,16-3)7-5-6-10-9(11)8-17(4,12)13;1-14-17(15-2,16-3)6-4-5-9-8(11)7-10(12)13/h5-8H,4,9-11H2,1-3H3,(H,15,17);4-6,8-9H,7,10-12H2,1-3H3,(H,15,16);5-8H2,1-4H3,(H,11,13);5-8H2,1-4H3;5-8H2,1-4H3,(H,10,11);4-7H2,1-3H3,(H,9,11). The molecule has 0 saturated heterocycles. The van der Waals surface area contributed by atoms with Gasteiger partial charge >= 0.3 is 52.8 Å². The molecule has 2 rings (SSSR count). The van der Waals surface area contributed by atoms with E-state index >= 15 is 0 Å². The highest BCUT2D eigenvalue weighted by Crippen LogP contribution is 2.21. The van der Waals surface area contributed by atoms with E-state index in [2.05, 4.69) is 26.6 Å². The van der Waals surface area contributed by atoms with Gasteiger partial charge in [-0.15, -0.1) is 0 Å². The first-order valence-corrected chi connectivity index (χ1v) is 49.5. The fraction of sp³-hybridized carbons (Fsp3) is 0.692. The van der Waals surface area contributed by atoms with Gasteiger partial charge in [-0.25, -0.2) is 8.42 Å². The van der Waals surface area contributed by atoms with E-state index in [1.54, 1.807) is 97.5 Å². The molecule has 0 bridgehead atoms. The smallest absolute Gasteiger partial charge is 0.377 e. The molecule has 2 aromatic carbocycles. The number of sulfone groups is 1. The number of benzene rings is 2. The molecule has 0 atom stereocenters. The Kier molecular flexibility index (Phi) is 66.1. The van der Waals surface area contributed by atoms with Crippen molar-refractivity contribution in [1.29, 1.82) is 0 Å². The number of nitro benzene ring substituents is 1. The number of hydrogen-bond acceptors (Lipinski definition) is 33. The van der Waals surface area contributed by atoms with Crippen molar-refractivity contribution in [3.05, 3.63) is 86.0 Å². The van der Waals surface area contributed by atoms with Crippen LogP contribution < -0.4 is 26.6 Å². The van der Waals surface area contributed by atoms with Gasteiger partial charge in [-0.2, -0.15) is 0 Å². The highest BCUT2D eigenvalue weighted by atomic mass is 32.2. The molecule has 0 aromatic heterocycles. The van der Waals surface area contributed by atoms with Gasteiger partial charge in [0, 0.05) is 226 Å². The van der Waals surface area contributed by atoms with Crippen molar-refractivity contribution in [3.8, 4) is 0 Å². The lowest BCUT2D eigenvalue weighted by atomic mass is 10.1. The van der Waals surface area contributed by atoms with Crippen molar-refractivity contribution in [2.24, 2.45) is 0 Å². The van der Waals surface area contributed by atoms with Crippen molar-refractivity contribution in [2.45, 2.75) is 114 Å². The first-order chi connectivity index (χ1) is 52.9. The molecule has 0 unspecified atom stereocenters. The Bertz CT molecular complexity index is 2890. The minimum Gasteiger partial charge on any atom is -0.377 e. The van der Waals surface area contributed by atoms with Crippen molar-refractivity contribution < 1.29 is 136 Å². The Morgan fingerprint density at radius 1 is 0.375 bits per heavy atom. The zero-order valence-corrected chi connectivity index (χ0v) is 76.6. The predicted octanol–water partition coefficient (Wildman–Crippen LogP) is 4.04. The molecule has 0 aliphatic rings. The van der Waals surface area contributed by atoms with Crippen LogP contribution in [0, 0.1) is 20.2 Å². The average Bonchev–Trinajstić information content (AvgIpc) is 0.928. The molecule has 0 aliphatic heterocycles. The van der Waals surface area contributed by atoms with Crippen LogP contribution in [0.3, 0.4) is 0 Å². The van der Waals surface area contributed by atoms with Gasteiger partial charge in [-0.05, 0) is 63.5 Å². The van der Waals surface area contributed by atoms with E-state index in [-0.39, 0.29) is 59.4 Å². The lowest BCUT2D eigenvalue weighted by molar-refractivity contribution is -0.467. The van der Waals surface area contributed by atoms with Crippen LogP contribution in [0.1, 0.15) is 76.3 Å².